The number of methoxy groups -OCH3 is 3. The summed E-state index contributed by atoms with van der Waals surface area (Å²) < 4.78 is 22.4. The molecule has 0 fully saturated rings. The second kappa shape index (κ2) is 8.78. The van der Waals surface area contributed by atoms with Crippen molar-refractivity contribution in [3.05, 3.63) is 56.0 Å². The standard InChI is InChI=1S/C23H29N5O5/c1-14-15(2)28-19-20(25(3)23(30)27(21(19)29)11-12-31-4)24-22(28)26(14)10-9-16-7-8-17(32-5)18(13-16)33-6/h7-8,13H,9-12H2,1-6H3. The Hall–Kier alpha value is -3.53. The number of hydrogen-bond donors (Lipinski definition) is 0. The summed E-state index contributed by atoms with van der Waals surface area (Å²) in [6, 6.07) is 5.85. The lowest BCUT2D eigenvalue weighted by Gasteiger charge is -2.11. The molecule has 0 aliphatic rings. The van der Waals surface area contributed by atoms with Crippen LogP contribution in [-0.4, -0.2) is 51.0 Å². The van der Waals surface area contributed by atoms with Crippen LogP contribution in [0.5, 0.6) is 11.5 Å². The predicted octanol–water partition coefficient (Wildman–Crippen LogP) is 1.67. The molecule has 0 unspecified atom stereocenters. The first kappa shape index (κ1) is 22.7. The Kier molecular flexibility index (Phi) is 6.03. The lowest BCUT2D eigenvalue weighted by atomic mass is 10.1. The number of aromatic nitrogens is 5. The average Bonchev–Trinajstić information content (AvgIpc) is 3.32. The molecule has 33 heavy (non-hydrogen) atoms. The summed E-state index contributed by atoms with van der Waals surface area (Å²) in [5.74, 6) is 2.00. The van der Waals surface area contributed by atoms with E-state index in [4.69, 9.17) is 19.2 Å². The number of hydrogen-bond acceptors (Lipinski definition) is 6. The normalized spacial score (nSPS) is 11.6. The zero-order valence-corrected chi connectivity index (χ0v) is 19.8. The zero-order chi connectivity index (χ0) is 23.9. The number of aryl methyl sites for hydroxylation is 4. The number of fused-ring (bicyclic) bond motifs is 3. The van der Waals surface area contributed by atoms with Gasteiger partial charge in [0.1, 0.15) is 0 Å². The van der Waals surface area contributed by atoms with Crippen molar-refractivity contribution >= 4 is 16.9 Å². The van der Waals surface area contributed by atoms with Gasteiger partial charge >= 0.3 is 5.69 Å². The molecule has 3 heterocycles. The minimum atomic E-state index is -0.406. The average molecular weight is 456 g/mol. The fraction of sp³-hybridized carbons (Fsp3) is 0.435. The van der Waals surface area contributed by atoms with Gasteiger partial charge in [-0.25, -0.2) is 4.79 Å². The highest BCUT2D eigenvalue weighted by molar-refractivity contribution is 5.76. The molecule has 0 amide bonds. The van der Waals surface area contributed by atoms with Gasteiger partial charge in [0.2, 0.25) is 5.78 Å². The van der Waals surface area contributed by atoms with E-state index in [-0.39, 0.29) is 18.7 Å². The first-order chi connectivity index (χ1) is 15.8. The van der Waals surface area contributed by atoms with E-state index < -0.39 is 5.69 Å². The summed E-state index contributed by atoms with van der Waals surface area (Å²) in [4.78, 5) is 30.7. The van der Waals surface area contributed by atoms with Crippen molar-refractivity contribution < 1.29 is 14.2 Å². The van der Waals surface area contributed by atoms with Gasteiger partial charge in [-0.15, -0.1) is 0 Å². The van der Waals surface area contributed by atoms with Crippen LogP contribution in [0.2, 0.25) is 0 Å². The van der Waals surface area contributed by atoms with Crippen molar-refractivity contribution in [1.29, 1.82) is 0 Å². The Morgan fingerprint density at radius 3 is 2.33 bits per heavy atom. The molecule has 0 bridgehead atoms. The fourth-order valence-electron chi connectivity index (χ4n) is 4.24. The third kappa shape index (κ3) is 3.60. The summed E-state index contributed by atoms with van der Waals surface area (Å²) in [6.45, 7) is 5.07. The zero-order valence-electron chi connectivity index (χ0n) is 19.8. The molecule has 0 radical (unpaired) electrons. The van der Waals surface area contributed by atoms with E-state index in [0.717, 1.165) is 23.4 Å². The summed E-state index contributed by atoms with van der Waals surface area (Å²) in [5.41, 5.74) is 3.01. The van der Waals surface area contributed by atoms with Crippen LogP contribution in [0.4, 0.5) is 0 Å². The maximum absolute atomic E-state index is 13.3. The van der Waals surface area contributed by atoms with Gasteiger partial charge in [-0.1, -0.05) is 6.07 Å². The predicted molar refractivity (Wildman–Crippen MR) is 125 cm³/mol. The van der Waals surface area contributed by atoms with Gasteiger partial charge in [-0.2, -0.15) is 4.98 Å². The smallest absolute Gasteiger partial charge is 0.332 e. The van der Waals surface area contributed by atoms with E-state index in [1.165, 1.54) is 16.2 Å². The molecule has 1 aromatic carbocycles. The third-order valence-electron chi connectivity index (χ3n) is 6.22. The van der Waals surface area contributed by atoms with Crippen molar-refractivity contribution in [1.82, 2.24) is 23.1 Å². The lowest BCUT2D eigenvalue weighted by Crippen LogP contribution is -2.40. The molecule has 0 aliphatic carbocycles. The minimum absolute atomic E-state index is 0.184. The number of nitrogens with zero attached hydrogens (tertiary/aromatic N) is 5. The number of imidazole rings is 2. The first-order valence-electron chi connectivity index (χ1n) is 10.7. The van der Waals surface area contributed by atoms with Gasteiger partial charge in [0, 0.05) is 32.1 Å². The quantitative estimate of drug-likeness (QED) is 0.401. The molecular formula is C23H29N5O5. The Labute approximate surface area is 190 Å². The van der Waals surface area contributed by atoms with E-state index in [1.807, 2.05) is 36.4 Å². The van der Waals surface area contributed by atoms with Crippen LogP contribution in [0.3, 0.4) is 0 Å². The van der Waals surface area contributed by atoms with Gasteiger partial charge in [0.05, 0.1) is 27.4 Å². The van der Waals surface area contributed by atoms with Crippen LogP contribution < -0.4 is 20.7 Å². The second-order valence-corrected chi connectivity index (χ2v) is 7.97. The molecule has 0 spiro atoms. The van der Waals surface area contributed by atoms with Crippen LogP contribution >= 0.6 is 0 Å². The summed E-state index contributed by atoms with van der Waals surface area (Å²) in [6.07, 6.45) is 0.727. The highest BCUT2D eigenvalue weighted by Gasteiger charge is 2.22. The molecular weight excluding hydrogens is 426 g/mol. The highest BCUT2D eigenvalue weighted by atomic mass is 16.5. The highest BCUT2D eigenvalue weighted by Crippen LogP contribution is 2.28. The van der Waals surface area contributed by atoms with E-state index >= 15 is 0 Å². The molecule has 0 saturated heterocycles. The molecule has 4 rings (SSSR count). The molecule has 10 nitrogen and oxygen atoms in total. The summed E-state index contributed by atoms with van der Waals surface area (Å²) in [7, 11) is 6.40. The maximum atomic E-state index is 13.3. The summed E-state index contributed by atoms with van der Waals surface area (Å²) >= 11 is 0. The van der Waals surface area contributed by atoms with E-state index in [1.54, 1.807) is 21.3 Å². The van der Waals surface area contributed by atoms with Gasteiger partial charge in [0.15, 0.2) is 22.7 Å². The molecule has 0 N–H and O–H groups in total. The molecule has 0 aliphatic heterocycles. The van der Waals surface area contributed by atoms with Gasteiger partial charge in [0.25, 0.3) is 5.56 Å². The topological polar surface area (TPSA) is 93.9 Å². The largest absolute Gasteiger partial charge is 0.493 e. The van der Waals surface area contributed by atoms with Crippen LogP contribution in [0, 0.1) is 13.8 Å². The number of ether oxygens (including phenoxy) is 3. The van der Waals surface area contributed by atoms with Crippen LogP contribution in [0.25, 0.3) is 16.9 Å². The van der Waals surface area contributed by atoms with E-state index in [0.29, 0.717) is 35.0 Å². The van der Waals surface area contributed by atoms with Gasteiger partial charge in [-0.05, 0) is 38.0 Å². The van der Waals surface area contributed by atoms with Crippen LogP contribution in [0.15, 0.2) is 27.8 Å². The summed E-state index contributed by atoms with van der Waals surface area (Å²) in [5, 5.41) is 0. The number of rotatable bonds is 8. The Morgan fingerprint density at radius 1 is 0.939 bits per heavy atom. The minimum Gasteiger partial charge on any atom is -0.493 e. The van der Waals surface area contributed by atoms with Crippen molar-refractivity contribution in [3.63, 3.8) is 0 Å². The Morgan fingerprint density at radius 2 is 1.67 bits per heavy atom. The first-order valence-corrected chi connectivity index (χ1v) is 10.7. The molecule has 0 saturated carbocycles. The van der Waals surface area contributed by atoms with Gasteiger partial charge in [-0.3, -0.25) is 18.3 Å². The van der Waals surface area contributed by atoms with Gasteiger partial charge < -0.3 is 18.8 Å². The SMILES string of the molecule is COCCn1c(=O)c2c(nc3n(CCc4ccc(OC)c(OC)c4)c(C)c(C)n23)n(C)c1=O. The molecule has 3 aromatic heterocycles. The molecule has 176 valence electrons. The number of benzene rings is 1. The van der Waals surface area contributed by atoms with Crippen LogP contribution in [0.1, 0.15) is 17.0 Å². The molecule has 4 aromatic rings. The third-order valence-corrected chi connectivity index (χ3v) is 6.22. The van der Waals surface area contributed by atoms with Crippen molar-refractivity contribution in [2.45, 2.75) is 33.4 Å². The maximum Gasteiger partial charge on any atom is 0.332 e. The lowest BCUT2D eigenvalue weighted by molar-refractivity contribution is 0.184. The van der Waals surface area contributed by atoms with Crippen molar-refractivity contribution in [2.24, 2.45) is 7.05 Å². The fourth-order valence-corrected chi connectivity index (χ4v) is 4.24. The van der Waals surface area contributed by atoms with Crippen molar-refractivity contribution in [2.75, 3.05) is 27.9 Å². The second-order valence-electron chi connectivity index (χ2n) is 7.97. The molecule has 0 atom stereocenters. The van der Waals surface area contributed by atoms with Crippen molar-refractivity contribution in [3.8, 4) is 11.5 Å². The van der Waals surface area contributed by atoms with E-state index in [9.17, 15) is 9.59 Å². The molecule has 10 heteroatoms. The van der Waals surface area contributed by atoms with Crippen LogP contribution in [-0.2, 0) is 31.3 Å². The Bertz CT molecular complexity index is 1460. The van der Waals surface area contributed by atoms with E-state index in [2.05, 4.69) is 4.57 Å². The Balaban J connectivity index is 1.82. The monoisotopic (exact) mass is 455 g/mol.